The maximum Gasteiger partial charge on any atom is 0.137 e. The fourth-order valence-electron chi connectivity index (χ4n) is 1.82. The van der Waals surface area contributed by atoms with Gasteiger partial charge in [-0.15, -0.1) is 0 Å². The van der Waals surface area contributed by atoms with Crippen molar-refractivity contribution in [1.82, 2.24) is 5.32 Å². The Bertz CT molecular complexity index is 622. The van der Waals surface area contributed by atoms with Crippen LogP contribution in [0.2, 0.25) is 5.02 Å². The van der Waals surface area contributed by atoms with Gasteiger partial charge in [-0.1, -0.05) is 41.6 Å². The van der Waals surface area contributed by atoms with Gasteiger partial charge >= 0.3 is 0 Å². The average Bonchev–Trinajstić information content (AvgIpc) is 2.39. The summed E-state index contributed by atoms with van der Waals surface area (Å²) in [6.07, 6.45) is 0. The van der Waals surface area contributed by atoms with Crippen molar-refractivity contribution in [1.29, 1.82) is 0 Å². The Hall–Kier alpha value is -1.03. The monoisotopic (exact) mass is 323 g/mol. The first-order valence-corrected chi connectivity index (χ1v) is 8.00. The number of halogens is 2. The zero-order chi connectivity index (χ0) is 15.5. The first kappa shape index (κ1) is 16.3. The van der Waals surface area contributed by atoms with Crippen LogP contribution in [0.25, 0.3) is 0 Å². The van der Waals surface area contributed by atoms with Crippen LogP contribution in [0.1, 0.15) is 26.3 Å². The Morgan fingerprint density at radius 3 is 2.52 bits per heavy atom. The molecule has 0 amide bonds. The molecule has 0 saturated carbocycles. The standard InChI is InChI=1S/C17H19ClFNS/c1-17(2,3)20-11-12-6-4-9-15(19)16(12)21-14-8-5-7-13(18)10-14/h4-10,20H,11H2,1-3H3. The molecule has 1 nitrogen and oxygen atoms in total. The predicted octanol–water partition coefficient (Wildman–Crippen LogP) is 5.52. The third-order valence-corrected chi connectivity index (χ3v) is 4.26. The number of nitrogens with one attached hydrogen (secondary N) is 1. The van der Waals surface area contributed by atoms with Crippen LogP contribution in [0.15, 0.2) is 52.3 Å². The maximum absolute atomic E-state index is 14.2. The lowest BCUT2D eigenvalue weighted by molar-refractivity contribution is 0.421. The highest BCUT2D eigenvalue weighted by atomic mass is 35.5. The minimum atomic E-state index is -0.201. The van der Waals surface area contributed by atoms with Gasteiger partial charge < -0.3 is 5.32 Å². The van der Waals surface area contributed by atoms with Gasteiger partial charge in [0.1, 0.15) is 5.82 Å². The second-order valence-corrected chi connectivity index (χ2v) is 7.41. The first-order valence-electron chi connectivity index (χ1n) is 6.81. The zero-order valence-electron chi connectivity index (χ0n) is 12.4. The number of benzene rings is 2. The van der Waals surface area contributed by atoms with E-state index in [1.54, 1.807) is 6.07 Å². The van der Waals surface area contributed by atoms with Crippen molar-refractivity contribution in [3.8, 4) is 0 Å². The molecule has 0 unspecified atom stereocenters. The van der Waals surface area contributed by atoms with Crippen LogP contribution in [0.4, 0.5) is 4.39 Å². The van der Waals surface area contributed by atoms with E-state index in [-0.39, 0.29) is 11.4 Å². The quantitative estimate of drug-likeness (QED) is 0.795. The Labute approximate surface area is 134 Å². The van der Waals surface area contributed by atoms with Crippen LogP contribution in [0.5, 0.6) is 0 Å². The largest absolute Gasteiger partial charge is 0.308 e. The summed E-state index contributed by atoms with van der Waals surface area (Å²) < 4.78 is 14.2. The van der Waals surface area contributed by atoms with Gasteiger partial charge in [0, 0.05) is 22.0 Å². The molecule has 0 atom stereocenters. The van der Waals surface area contributed by atoms with Gasteiger partial charge in [0.25, 0.3) is 0 Å². The highest BCUT2D eigenvalue weighted by Crippen LogP contribution is 2.34. The predicted molar refractivity (Wildman–Crippen MR) is 88.6 cm³/mol. The van der Waals surface area contributed by atoms with E-state index < -0.39 is 0 Å². The van der Waals surface area contributed by atoms with Gasteiger partial charge in [0.05, 0.1) is 4.90 Å². The molecule has 0 saturated heterocycles. The van der Waals surface area contributed by atoms with Crippen molar-refractivity contribution < 1.29 is 4.39 Å². The molecule has 1 N–H and O–H groups in total. The van der Waals surface area contributed by atoms with E-state index in [0.717, 1.165) is 10.5 Å². The molecule has 0 aliphatic carbocycles. The lowest BCUT2D eigenvalue weighted by Gasteiger charge is -2.21. The Kier molecular flexibility index (Phi) is 5.31. The molecule has 2 rings (SSSR count). The number of hydrogen-bond donors (Lipinski definition) is 1. The summed E-state index contributed by atoms with van der Waals surface area (Å²) in [5.41, 5.74) is 0.944. The van der Waals surface area contributed by atoms with Crippen molar-refractivity contribution in [2.45, 2.75) is 42.6 Å². The molecule has 0 fully saturated rings. The van der Waals surface area contributed by atoms with Gasteiger partial charge in [0.15, 0.2) is 0 Å². The van der Waals surface area contributed by atoms with Crippen molar-refractivity contribution in [3.63, 3.8) is 0 Å². The molecule has 0 bridgehead atoms. The average molecular weight is 324 g/mol. The van der Waals surface area contributed by atoms with Crippen molar-refractivity contribution in [3.05, 3.63) is 58.9 Å². The minimum Gasteiger partial charge on any atom is -0.308 e. The highest BCUT2D eigenvalue weighted by Gasteiger charge is 2.14. The highest BCUT2D eigenvalue weighted by molar-refractivity contribution is 7.99. The molecule has 2 aromatic rings. The van der Waals surface area contributed by atoms with Gasteiger partial charge in [-0.2, -0.15) is 0 Å². The molecule has 2 aromatic carbocycles. The summed E-state index contributed by atoms with van der Waals surface area (Å²) in [5, 5.41) is 4.05. The van der Waals surface area contributed by atoms with Gasteiger partial charge in [-0.25, -0.2) is 4.39 Å². The van der Waals surface area contributed by atoms with Crippen LogP contribution in [0.3, 0.4) is 0 Å². The maximum atomic E-state index is 14.2. The molecule has 112 valence electrons. The molecular formula is C17H19ClFNS. The molecular weight excluding hydrogens is 305 g/mol. The lowest BCUT2D eigenvalue weighted by atomic mass is 10.1. The van der Waals surface area contributed by atoms with E-state index in [0.29, 0.717) is 16.5 Å². The fourth-order valence-corrected chi connectivity index (χ4v) is 3.08. The van der Waals surface area contributed by atoms with Crippen LogP contribution < -0.4 is 5.32 Å². The smallest absolute Gasteiger partial charge is 0.137 e. The normalized spacial score (nSPS) is 11.7. The first-order chi connectivity index (χ1) is 9.85. The van der Waals surface area contributed by atoms with Crippen molar-refractivity contribution in [2.75, 3.05) is 0 Å². The van der Waals surface area contributed by atoms with Crippen LogP contribution in [0, 0.1) is 5.82 Å². The van der Waals surface area contributed by atoms with E-state index in [9.17, 15) is 4.39 Å². The SMILES string of the molecule is CC(C)(C)NCc1cccc(F)c1Sc1cccc(Cl)c1. The van der Waals surface area contributed by atoms with Crippen molar-refractivity contribution >= 4 is 23.4 Å². The second kappa shape index (κ2) is 6.82. The fraction of sp³-hybridized carbons (Fsp3) is 0.294. The van der Waals surface area contributed by atoms with E-state index in [1.807, 2.05) is 30.3 Å². The molecule has 0 spiro atoms. The van der Waals surface area contributed by atoms with Crippen molar-refractivity contribution in [2.24, 2.45) is 0 Å². The van der Waals surface area contributed by atoms with E-state index in [4.69, 9.17) is 11.6 Å². The Balaban J connectivity index is 2.25. The minimum absolute atomic E-state index is 0.00961. The molecule has 0 aliphatic rings. The topological polar surface area (TPSA) is 12.0 Å². The molecule has 0 aromatic heterocycles. The summed E-state index contributed by atoms with van der Waals surface area (Å²) in [6.45, 7) is 6.91. The summed E-state index contributed by atoms with van der Waals surface area (Å²) >= 11 is 7.40. The molecule has 0 radical (unpaired) electrons. The Morgan fingerprint density at radius 2 is 1.86 bits per heavy atom. The summed E-state index contributed by atoms with van der Waals surface area (Å²) in [5.74, 6) is -0.201. The second-order valence-electron chi connectivity index (χ2n) is 5.89. The zero-order valence-corrected chi connectivity index (χ0v) is 14.0. The van der Waals surface area contributed by atoms with E-state index >= 15 is 0 Å². The third-order valence-electron chi connectivity index (χ3n) is 2.87. The van der Waals surface area contributed by atoms with E-state index in [2.05, 4.69) is 26.1 Å². The van der Waals surface area contributed by atoms with Gasteiger partial charge in [0.2, 0.25) is 0 Å². The Morgan fingerprint density at radius 1 is 1.14 bits per heavy atom. The molecule has 21 heavy (non-hydrogen) atoms. The third kappa shape index (κ3) is 5.03. The molecule has 0 aliphatic heterocycles. The number of rotatable bonds is 4. The van der Waals surface area contributed by atoms with Gasteiger partial charge in [-0.3, -0.25) is 0 Å². The molecule has 0 heterocycles. The summed E-state index contributed by atoms with van der Waals surface area (Å²) in [7, 11) is 0. The van der Waals surface area contributed by atoms with E-state index in [1.165, 1.54) is 17.8 Å². The van der Waals surface area contributed by atoms with Crippen LogP contribution in [-0.4, -0.2) is 5.54 Å². The molecule has 4 heteroatoms. The van der Waals surface area contributed by atoms with Crippen LogP contribution in [-0.2, 0) is 6.54 Å². The van der Waals surface area contributed by atoms with Gasteiger partial charge in [-0.05, 0) is 50.6 Å². The van der Waals surface area contributed by atoms with Crippen LogP contribution >= 0.6 is 23.4 Å². The summed E-state index contributed by atoms with van der Waals surface area (Å²) in [4.78, 5) is 1.58. The lowest BCUT2D eigenvalue weighted by Crippen LogP contribution is -2.35. The summed E-state index contributed by atoms with van der Waals surface area (Å²) in [6, 6.07) is 12.7. The number of hydrogen-bond acceptors (Lipinski definition) is 2.